The third kappa shape index (κ3) is 2.58. The SMILES string of the molecule is C=CC1CC(=O)N(c2c(CC)cc(C)cc2CC)C1. The van der Waals surface area contributed by atoms with Gasteiger partial charge in [0.1, 0.15) is 0 Å². The maximum atomic E-state index is 12.2. The Bertz CT molecular complexity index is 479. The van der Waals surface area contributed by atoms with Gasteiger partial charge < -0.3 is 4.90 Å². The average Bonchev–Trinajstić information content (AvgIpc) is 2.78. The van der Waals surface area contributed by atoms with E-state index < -0.39 is 0 Å². The number of benzene rings is 1. The molecule has 1 aromatic rings. The minimum Gasteiger partial charge on any atom is -0.311 e. The molecule has 1 fully saturated rings. The van der Waals surface area contributed by atoms with Gasteiger partial charge >= 0.3 is 0 Å². The number of hydrogen-bond acceptors (Lipinski definition) is 1. The Morgan fingerprint density at radius 1 is 1.32 bits per heavy atom. The molecule has 2 nitrogen and oxygen atoms in total. The van der Waals surface area contributed by atoms with Crippen LogP contribution in [0.2, 0.25) is 0 Å². The van der Waals surface area contributed by atoms with Gasteiger partial charge in [0, 0.05) is 18.9 Å². The Hall–Kier alpha value is -1.57. The van der Waals surface area contributed by atoms with Crippen molar-refractivity contribution in [3.63, 3.8) is 0 Å². The highest BCUT2D eigenvalue weighted by Gasteiger charge is 2.31. The minimum absolute atomic E-state index is 0.234. The fourth-order valence-corrected chi connectivity index (χ4v) is 2.93. The van der Waals surface area contributed by atoms with Crippen molar-refractivity contribution in [2.45, 2.75) is 40.0 Å². The van der Waals surface area contributed by atoms with Crippen LogP contribution in [0.4, 0.5) is 5.69 Å². The molecule has 19 heavy (non-hydrogen) atoms. The fraction of sp³-hybridized carbons (Fsp3) is 0.471. The molecule has 0 radical (unpaired) electrons. The van der Waals surface area contributed by atoms with Crippen molar-refractivity contribution in [3.8, 4) is 0 Å². The number of hydrogen-bond donors (Lipinski definition) is 0. The van der Waals surface area contributed by atoms with E-state index in [-0.39, 0.29) is 5.91 Å². The second-order valence-electron chi connectivity index (χ2n) is 5.34. The Labute approximate surface area is 116 Å². The third-order valence-electron chi connectivity index (χ3n) is 3.93. The van der Waals surface area contributed by atoms with E-state index in [4.69, 9.17) is 0 Å². The average molecular weight is 257 g/mol. The van der Waals surface area contributed by atoms with Crippen LogP contribution < -0.4 is 4.90 Å². The molecule has 1 saturated heterocycles. The maximum Gasteiger partial charge on any atom is 0.227 e. The number of carbonyl (C=O) groups excluding carboxylic acids is 1. The molecule has 0 aliphatic carbocycles. The van der Waals surface area contributed by atoms with E-state index in [0.29, 0.717) is 12.3 Å². The van der Waals surface area contributed by atoms with Gasteiger partial charge in [-0.25, -0.2) is 0 Å². The monoisotopic (exact) mass is 257 g/mol. The van der Waals surface area contributed by atoms with E-state index in [0.717, 1.165) is 25.1 Å². The number of rotatable bonds is 4. The Kier molecular flexibility index (Phi) is 4.08. The first-order valence-corrected chi connectivity index (χ1v) is 7.16. The summed E-state index contributed by atoms with van der Waals surface area (Å²) in [4.78, 5) is 14.2. The van der Waals surface area contributed by atoms with Crippen molar-refractivity contribution in [1.82, 2.24) is 0 Å². The second kappa shape index (κ2) is 5.60. The van der Waals surface area contributed by atoms with E-state index in [1.807, 2.05) is 11.0 Å². The topological polar surface area (TPSA) is 20.3 Å². The van der Waals surface area contributed by atoms with Gasteiger partial charge in [-0.1, -0.05) is 37.6 Å². The summed E-state index contributed by atoms with van der Waals surface area (Å²) in [6.07, 6.45) is 4.44. The first kappa shape index (κ1) is 13.9. The largest absolute Gasteiger partial charge is 0.311 e. The molecular weight excluding hydrogens is 234 g/mol. The summed E-state index contributed by atoms with van der Waals surface area (Å²) in [6.45, 7) is 11.0. The summed E-state index contributed by atoms with van der Waals surface area (Å²) in [7, 11) is 0. The van der Waals surface area contributed by atoms with Crippen LogP contribution in [0.25, 0.3) is 0 Å². The molecule has 0 aromatic heterocycles. The lowest BCUT2D eigenvalue weighted by molar-refractivity contribution is -0.117. The van der Waals surface area contributed by atoms with Crippen LogP contribution in [0, 0.1) is 12.8 Å². The summed E-state index contributed by atoms with van der Waals surface area (Å²) in [5, 5.41) is 0. The van der Waals surface area contributed by atoms with Gasteiger partial charge in [-0.2, -0.15) is 0 Å². The quantitative estimate of drug-likeness (QED) is 0.754. The van der Waals surface area contributed by atoms with E-state index >= 15 is 0 Å². The molecule has 0 saturated carbocycles. The van der Waals surface area contributed by atoms with Crippen LogP contribution >= 0.6 is 0 Å². The third-order valence-corrected chi connectivity index (χ3v) is 3.93. The molecule has 1 aliphatic rings. The molecule has 1 atom stereocenters. The molecule has 0 bridgehead atoms. The Morgan fingerprint density at radius 2 is 1.89 bits per heavy atom. The summed E-state index contributed by atoms with van der Waals surface area (Å²) in [6, 6.07) is 4.42. The molecule has 1 aromatic carbocycles. The smallest absolute Gasteiger partial charge is 0.227 e. The lowest BCUT2D eigenvalue weighted by atomic mass is 9.98. The summed E-state index contributed by atoms with van der Waals surface area (Å²) >= 11 is 0. The highest BCUT2D eigenvalue weighted by Crippen LogP contribution is 2.33. The van der Waals surface area contributed by atoms with Crippen molar-refractivity contribution < 1.29 is 4.79 Å². The standard InChI is InChI=1S/C17H23NO/c1-5-13-10-16(19)18(11-13)17-14(6-2)8-12(4)9-15(17)7-3/h5,8-9,13H,1,6-7,10-11H2,2-4H3. The molecule has 0 N–H and O–H groups in total. The molecule has 1 unspecified atom stereocenters. The van der Waals surface area contributed by atoms with E-state index in [1.54, 1.807) is 0 Å². The predicted molar refractivity (Wildman–Crippen MR) is 80.6 cm³/mol. The number of anilines is 1. The van der Waals surface area contributed by atoms with Crippen LogP contribution in [-0.2, 0) is 17.6 Å². The summed E-state index contributed by atoms with van der Waals surface area (Å²) in [5.41, 5.74) is 5.01. The minimum atomic E-state index is 0.234. The fourth-order valence-electron chi connectivity index (χ4n) is 2.93. The molecule has 2 rings (SSSR count). The zero-order chi connectivity index (χ0) is 14.0. The van der Waals surface area contributed by atoms with Crippen molar-refractivity contribution in [2.24, 2.45) is 5.92 Å². The summed E-state index contributed by atoms with van der Waals surface area (Å²) < 4.78 is 0. The molecule has 0 spiro atoms. The van der Waals surface area contributed by atoms with Gasteiger partial charge in [0.2, 0.25) is 5.91 Å². The van der Waals surface area contributed by atoms with Crippen molar-refractivity contribution in [2.75, 3.05) is 11.4 Å². The van der Waals surface area contributed by atoms with Gasteiger partial charge in [0.05, 0.1) is 5.69 Å². The van der Waals surface area contributed by atoms with E-state index in [1.165, 1.54) is 16.7 Å². The normalized spacial score (nSPS) is 19.0. The Morgan fingerprint density at radius 3 is 2.32 bits per heavy atom. The molecule has 2 heteroatoms. The lowest BCUT2D eigenvalue weighted by Gasteiger charge is -2.24. The highest BCUT2D eigenvalue weighted by molar-refractivity contribution is 5.97. The van der Waals surface area contributed by atoms with Crippen molar-refractivity contribution in [3.05, 3.63) is 41.5 Å². The van der Waals surface area contributed by atoms with E-state index in [9.17, 15) is 4.79 Å². The van der Waals surface area contributed by atoms with Crippen LogP contribution in [0.1, 0.15) is 37.0 Å². The van der Waals surface area contributed by atoms with Crippen LogP contribution in [0.5, 0.6) is 0 Å². The number of carbonyl (C=O) groups is 1. The first-order valence-electron chi connectivity index (χ1n) is 7.16. The van der Waals surface area contributed by atoms with Crippen LogP contribution in [0.15, 0.2) is 24.8 Å². The zero-order valence-electron chi connectivity index (χ0n) is 12.2. The van der Waals surface area contributed by atoms with Gasteiger partial charge in [-0.05, 0) is 30.9 Å². The molecule has 1 amide bonds. The molecule has 102 valence electrons. The van der Waals surface area contributed by atoms with Crippen molar-refractivity contribution in [1.29, 1.82) is 0 Å². The number of aryl methyl sites for hydroxylation is 3. The molecular formula is C17H23NO. The predicted octanol–water partition coefficient (Wildman–Crippen LogP) is 3.66. The van der Waals surface area contributed by atoms with Crippen LogP contribution in [0.3, 0.4) is 0 Å². The van der Waals surface area contributed by atoms with Gasteiger partial charge in [-0.15, -0.1) is 6.58 Å². The zero-order valence-corrected chi connectivity index (χ0v) is 12.2. The molecule has 1 heterocycles. The van der Waals surface area contributed by atoms with Crippen LogP contribution in [-0.4, -0.2) is 12.5 Å². The Balaban J connectivity index is 2.49. The number of amides is 1. The van der Waals surface area contributed by atoms with Gasteiger partial charge in [0.15, 0.2) is 0 Å². The number of nitrogens with zero attached hydrogens (tertiary/aromatic N) is 1. The van der Waals surface area contributed by atoms with Crippen molar-refractivity contribution >= 4 is 11.6 Å². The van der Waals surface area contributed by atoms with Gasteiger partial charge in [0.25, 0.3) is 0 Å². The first-order chi connectivity index (χ1) is 9.10. The molecule has 1 aliphatic heterocycles. The highest BCUT2D eigenvalue weighted by atomic mass is 16.2. The maximum absolute atomic E-state index is 12.2. The van der Waals surface area contributed by atoms with E-state index in [2.05, 4.69) is 39.5 Å². The van der Waals surface area contributed by atoms with Gasteiger partial charge in [-0.3, -0.25) is 4.79 Å². The summed E-state index contributed by atoms with van der Waals surface area (Å²) in [5.74, 6) is 0.529. The second-order valence-corrected chi connectivity index (χ2v) is 5.34. The lowest BCUT2D eigenvalue weighted by Crippen LogP contribution is -2.27.